The molecule has 1 saturated carbocycles. The summed E-state index contributed by atoms with van der Waals surface area (Å²) in [4.78, 5) is 13.9. The lowest BCUT2D eigenvalue weighted by Gasteiger charge is -2.37. The maximum Gasteiger partial charge on any atom is 0.248 e. The van der Waals surface area contributed by atoms with Gasteiger partial charge in [-0.1, -0.05) is 31.6 Å². The average molecular weight is 507 g/mol. The topological polar surface area (TPSA) is 96.4 Å². The molecule has 1 fully saturated rings. The van der Waals surface area contributed by atoms with Gasteiger partial charge in [0.25, 0.3) is 0 Å². The first kappa shape index (κ1) is 27.5. The Bertz CT molecular complexity index is 1040. The van der Waals surface area contributed by atoms with E-state index in [0.29, 0.717) is 11.5 Å². The number of methoxy groups -OCH3 is 1. The van der Waals surface area contributed by atoms with Crippen LogP contribution in [0.3, 0.4) is 0 Å². The SMILES string of the molecule is COCC(=O)N(C)C[C@@H]1Oc2cc(C#CCC3CCCC3)ccc2S(=O)(=O)N([C@@H](C)CO)C[C@@H]1C. The molecule has 0 bridgehead atoms. The fraction of sp³-hybridized carbons (Fsp3) is 0.654. The highest BCUT2D eigenvalue weighted by Gasteiger charge is 2.38. The third-order valence-corrected chi connectivity index (χ3v) is 8.93. The smallest absolute Gasteiger partial charge is 0.248 e. The van der Waals surface area contributed by atoms with Gasteiger partial charge in [0.1, 0.15) is 23.4 Å². The summed E-state index contributed by atoms with van der Waals surface area (Å²) >= 11 is 0. The van der Waals surface area contributed by atoms with E-state index in [2.05, 4.69) is 11.8 Å². The molecule has 0 aromatic heterocycles. The number of carbonyl (C=O) groups excluding carboxylic acids is 1. The van der Waals surface area contributed by atoms with Crippen LogP contribution < -0.4 is 4.74 Å². The number of hydrogen-bond acceptors (Lipinski definition) is 6. The Morgan fingerprint density at radius 3 is 2.71 bits per heavy atom. The molecule has 8 nitrogen and oxygen atoms in total. The van der Waals surface area contributed by atoms with E-state index in [0.717, 1.165) is 6.42 Å². The van der Waals surface area contributed by atoms with Crippen molar-refractivity contribution in [3.63, 3.8) is 0 Å². The van der Waals surface area contributed by atoms with E-state index in [-0.39, 0.29) is 48.8 Å². The minimum Gasteiger partial charge on any atom is -0.487 e. The zero-order valence-corrected chi connectivity index (χ0v) is 22.0. The lowest BCUT2D eigenvalue weighted by atomic mass is 10.0. The largest absolute Gasteiger partial charge is 0.487 e. The number of hydrogen-bond donors (Lipinski definition) is 1. The summed E-state index contributed by atoms with van der Waals surface area (Å²) in [5.41, 5.74) is 0.689. The van der Waals surface area contributed by atoms with E-state index < -0.39 is 22.2 Å². The molecule has 35 heavy (non-hydrogen) atoms. The van der Waals surface area contributed by atoms with E-state index >= 15 is 0 Å². The highest BCUT2D eigenvalue weighted by molar-refractivity contribution is 7.89. The van der Waals surface area contributed by atoms with Crippen molar-refractivity contribution < 1.29 is 27.8 Å². The van der Waals surface area contributed by atoms with Crippen LogP contribution in [0.4, 0.5) is 0 Å². The van der Waals surface area contributed by atoms with Gasteiger partial charge in [-0.05, 0) is 43.9 Å². The minimum absolute atomic E-state index is 0.0434. The van der Waals surface area contributed by atoms with Gasteiger partial charge in [0.05, 0.1) is 13.2 Å². The molecular formula is C26H38N2O6S. The van der Waals surface area contributed by atoms with Crippen molar-refractivity contribution in [2.45, 2.75) is 63.0 Å². The predicted octanol–water partition coefficient (Wildman–Crippen LogP) is 2.49. The van der Waals surface area contributed by atoms with Gasteiger partial charge in [-0.15, -0.1) is 0 Å². The number of aliphatic hydroxyl groups excluding tert-OH is 1. The van der Waals surface area contributed by atoms with Gasteiger partial charge >= 0.3 is 0 Å². The summed E-state index contributed by atoms with van der Waals surface area (Å²) < 4.78 is 39.7. The van der Waals surface area contributed by atoms with E-state index in [1.165, 1.54) is 48.1 Å². The van der Waals surface area contributed by atoms with E-state index in [9.17, 15) is 18.3 Å². The third-order valence-electron chi connectivity index (χ3n) is 6.91. The first-order valence-electron chi connectivity index (χ1n) is 12.3. The first-order valence-corrected chi connectivity index (χ1v) is 13.8. The van der Waals surface area contributed by atoms with Crippen molar-refractivity contribution >= 4 is 15.9 Å². The van der Waals surface area contributed by atoms with Gasteiger partial charge in [-0.3, -0.25) is 4.79 Å². The average Bonchev–Trinajstić information content (AvgIpc) is 3.34. The molecule has 1 aliphatic carbocycles. The summed E-state index contributed by atoms with van der Waals surface area (Å²) in [6, 6.07) is 4.32. The van der Waals surface area contributed by atoms with E-state index in [4.69, 9.17) is 9.47 Å². The number of amides is 1. The van der Waals surface area contributed by atoms with Crippen LogP contribution in [0.15, 0.2) is 23.1 Å². The Hall–Kier alpha value is -2.12. The fourth-order valence-corrected chi connectivity index (χ4v) is 6.46. The van der Waals surface area contributed by atoms with Crippen molar-refractivity contribution in [1.82, 2.24) is 9.21 Å². The standard InChI is InChI=1S/C26H38N2O6S/c1-19-15-28(20(2)17-29)35(31,32)25-13-12-22(11-7-10-21-8-5-6-9-21)14-23(25)34-24(19)16-27(3)26(30)18-33-4/h12-14,19-21,24,29H,5-6,8-10,15-18H2,1-4H3/t19-,20-,24-/m0/s1. The van der Waals surface area contributed by atoms with Gasteiger partial charge in [0.15, 0.2) is 0 Å². The number of fused-ring (bicyclic) bond motifs is 1. The lowest BCUT2D eigenvalue weighted by molar-refractivity contribution is -0.135. The first-order chi connectivity index (χ1) is 16.7. The molecule has 194 valence electrons. The molecule has 0 spiro atoms. The quantitative estimate of drug-likeness (QED) is 0.571. The summed E-state index contributed by atoms with van der Waals surface area (Å²) in [5.74, 6) is 6.85. The molecule has 1 aromatic rings. The summed E-state index contributed by atoms with van der Waals surface area (Å²) in [5, 5.41) is 9.77. The zero-order chi connectivity index (χ0) is 25.6. The van der Waals surface area contributed by atoms with Crippen LogP contribution in [0, 0.1) is 23.7 Å². The molecule has 1 amide bonds. The second-order valence-electron chi connectivity index (χ2n) is 9.77. The fourth-order valence-electron chi connectivity index (χ4n) is 4.64. The number of sulfonamides is 1. The van der Waals surface area contributed by atoms with Crippen LogP contribution in [-0.4, -0.2) is 81.2 Å². The van der Waals surface area contributed by atoms with Crippen molar-refractivity contribution in [2.75, 3.05) is 40.5 Å². The molecule has 9 heteroatoms. The number of aliphatic hydroxyl groups is 1. The second kappa shape index (κ2) is 12.2. The summed E-state index contributed by atoms with van der Waals surface area (Å²) in [6.07, 6.45) is 5.33. The molecule has 3 rings (SSSR count). The molecular weight excluding hydrogens is 468 g/mol. The van der Waals surface area contributed by atoms with E-state index in [1.807, 2.05) is 6.92 Å². The van der Waals surface area contributed by atoms with Crippen LogP contribution in [0.25, 0.3) is 0 Å². The van der Waals surface area contributed by atoms with Gasteiger partial charge in [-0.25, -0.2) is 8.42 Å². The van der Waals surface area contributed by atoms with Gasteiger partial charge < -0.3 is 19.5 Å². The Balaban J connectivity index is 1.96. The zero-order valence-electron chi connectivity index (χ0n) is 21.2. The van der Waals surface area contributed by atoms with Gasteiger partial charge in [0, 0.05) is 44.6 Å². The van der Waals surface area contributed by atoms with E-state index in [1.54, 1.807) is 26.1 Å². The molecule has 1 aromatic carbocycles. The van der Waals surface area contributed by atoms with Gasteiger partial charge in [0.2, 0.25) is 15.9 Å². The molecule has 0 unspecified atom stereocenters. The number of rotatable bonds is 7. The molecule has 1 heterocycles. The predicted molar refractivity (Wildman–Crippen MR) is 133 cm³/mol. The van der Waals surface area contributed by atoms with Crippen LogP contribution in [0.1, 0.15) is 51.5 Å². The molecule has 1 aliphatic heterocycles. The van der Waals surface area contributed by atoms with Crippen molar-refractivity contribution in [2.24, 2.45) is 11.8 Å². The number of benzene rings is 1. The Morgan fingerprint density at radius 2 is 2.06 bits per heavy atom. The van der Waals surface area contributed by atoms with Crippen molar-refractivity contribution in [1.29, 1.82) is 0 Å². The summed E-state index contributed by atoms with van der Waals surface area (Å²) in [6.45, 7) is 3.65. The Kier molecular flexibility index (Phi) is 9.59. The van der Waals surface area contributed by atoms with Gasteiger partial charge in [-0.2, -0.15) is 4.31 Å². The lowest BCUT2D eigenvalue weighted by Crippen LogP contribution is -2.50. The van der Waals surface area contributed by atoms with Crippen molar-refractivity contribution in [3.05, 3.63) is 23.8 Å². The highest BCUT2D eigenvalue weighted by Crippen LogP contribution is 2.34. The van der Waals surface area contributed by atoms with Crippen LogP contribution in [0.2, 0.25) is 0 Å². The molecule has 3 atom stereocenters. The number of carbonyl (C=O) groups is 1. The Morgan fingerprint density at radius 1 is 1.34 bits per heavy atom. The highest BCUT2D eigenvalue weighted by atomic mass is 32.2. The van der Waals surface area contributed by atoms with Crippen molar-refractivity contribution in [3.8, 4) is 17.6 Å². The monoisotopic (exact) mass is 506 g/mol. The minimum atomic E-state index is -3.91. The number of ether oxygens (including phenoxy) is 2. The molecule has 0 radical (unpaired) electrons. The molecule has 0 saturated heterocycles. The second-order valence-corrected chi connectivity index (χ2v) is 11.6. The maximum absolute atomic E-state index is 13.6. The normalized spacial score (nSPS) is 23.2. The van der Waals surface area contributed by atoms with Crippen LogP contribution in [0.5, 0.6) is 5.75 Å². The summed E-state index contributed by atoms with van der Waals surface area (Å²) in [7, 11) is -0.777. The van der Waals surface area contributed by atoms with Crippen LogP contribution in [-0.2, 0) is 19.6 Å². The number of likely N-dealkylation sites (N-methyl/N-ethyl adjacent to an activating group) is 1. The molecule has 1 N–H and O–H groups in total. The number of nitrogens with zero attached hydrogens (tertiary/aromatic N) is 2. The van der Waals surface area contributed by atoms with Crippen LogP contribution >= 0.6 is 0 Å². The molecule has 2 aliphatic rings. The maximum atomic E-state index is 13.6. The Labute approximate surface area is 209 Å². The third kappa shape index (κ3) is 6.76.